The van der Waals surface area contributed by atoms with Crippen LogP contribution < -0.4 is 10.6 Å². The Bertz CT molecular complexity index is 390. The summed E-state index contributed by atoms with van der Waals surface area (Å²) < 4.78 is 0. The third-order valence-corrected chi connectivity index (χ3v) is 2.27. The quantitative estimate of drug-likeness (QED) is 0.793. The molecule has 0 fully saturated rings. The van der Waals surface area contributed by atoms with Crippen molar-refractivity contribution in [2.45, 2.75) is 19.4 Å². The summed E-state index contributed by atoms with van der Waals surface area (Å²) in [4.78, 5) is 23.8. The first-order valence-electron chi connectivity index (χ1n) is 5.36. The maximum Gasteiger partial charge on any atom is 0.305 e. The summed E-state index contributed by atoms with van der Waals surface area (Å²) >= 11 is 0. The third-order valence-electron chi connectivity index (χ3n) is 2.27. The first-order chi connectivity index (χ1) is 8.02. The SMILES string of the molecule is CC(N)C(=O)N(CCC(=O)O)c1ccccc1. The number of para-hydroxylation sites is 1. The lowest BCUT2D eigenvalue weighted by Gasteiger charge is -2.23. The predicted octanol–water partition coefficient (Wildman–Crippen LogP) is 0.842. The molecule has 0 aliphatic rings. The van der Waals surface area contributed by atoms with Crippen molar-refractivity contribution in [1.29, 1.82) is 0 Å². The number of rotatable bonds is 5. The standard InChI is InChI=1S/C12H16N2O3/c1-9(13)12(17)14(8-7-11(15)16)10-5-3-2-4-6-10/h2-6,9H,7-8,13H2,1H3,(H,15,16). The number of benzene rings is 1. The summed E-state index contributed by atoms with van der Waals surface area (Å²) in [6.07, 6.45) is -0.104. The molecule has 3 N–H and O–H groups in total. The molecule has 0 aliphatic carbocycles. The van der Waals surface area contributed by atoms with Crippen LogP contribution in [0.15, 0.2) is 30.3 Å². The minimum atomic E-state index is -0.941. The van der Waals surface area contributed by atoms with Gasteiger partial charge in [0.05, 0.1) is 12.5 Å². The largest absolute Gasteiger partial charge is 0.481 e. The van der Waals surface area contributed by atoms with E-state index < -0.39 is 12.0 Å². The lowest BCUT2D eigenvalue weighted by Crippen LogP contribution is -2.43. The van der Waals surface area contributed by atoms with Gasteiger partial charge in [0, 0.05) is 12.2 Å². The van der Waals surface area contributed by atoms with Gasteiger partial charge in [-0.15, -0.1) is 0 Å². The lowest BCUT2D eigenvalue weighted by molar-refractivity contribution is -0.136. The van der Waals surface area contributed by atoms with Gasteiger partial charge in [-0.05, 0) is 19.1 Å². The van der Waals surface area contributed by atoms with Crippen LogP contribution in [0, 0.1) is 0 Å². The minimum absolute atomic E-state index is 0.104. The van der Waals surface area contributed by atoms with Gasteiger partial charge in [-0.1, -0.05) is 18.2 Å². The van der Waals surface area contributed by atoms with Gasteiger partial charge in [-0.3, -0.25) is 9.59 Å². The highest BCUT2D eigenvalue weighted by atomic mass is 16.4. The molecule has 1 atom stereocenters. The van der Waals surface area contributed by atoms with Crippen LogP contribution >= 0.6 is 0 Å². The third kappa shape index (κ3) is 3.88. The normalized spacial score (nSPS) is 11.9. The second kappa shape index (κ2) is 6.00. The highest BCUT2D eigenvalue weighted by molar-refractivity contribution is 5.97. The molecule has 0 radical (unpaired) electrons. The number of hydrogen-bond donors (Lipinski definition) is 2. The predicted molar refractivity (Wildman–Crippen MR) is 64.7 cm³/mol. The van der Waals surface area contributed by atoms with Crippen molar-refractivity contribution in [3.05, 3.63) is 30.3 Å². The Balaban J connectivity index is 2.86. The Hall–Kier alpha value is -1.88. The summed E-state index contributed by atoms with van der Waals surface area (Å²) in [5, 5.41) is 8.66. The Morgan fingerprint density at radius 2 is 1.94 bits per heavy atom. The molecule has 0 aliphatic heterocycles. The first kappa shape index (κ1) is 13.2. The number of carbonyl (C=O) groups excluding carboxylic acids is 1. The Morgan fingerprint density at radius 1 is 1.35 bits per heavy atom. The molecule has 5 nitrogen and oxygen atoms in total. The first-order valence-corrected chi connectivity index (χ1v) is 5.36. The van der Waals surface area contributed by atoms with Crippen LogP contribution in [0.2, 0.25) is 0 Å². The van der Waals surface area contributed by atoms with Crippen molar-refractivity contribution in [3.63, 3.8) is 0 Å². The van der Waals surface area contributed by atoms with E-state index in [1.807, 2.05) is 6.07 Å². The fourth-order valence-electron chi connectivity index (χ4n) is 1.43. The molecule has 1 aromatic rings. The van der Waals surface area contributed by atoms with Crippen molar-refractivity contribution in [2.75, 3.05) is 11.4 Å². The zero-order valence-corrected chi connectivity index (χ0v) is 9.67. The monoisotopic (exact) mass is 236 g/mol. The number of carbonyl (C=O) groups is 2. The smallest absolute Gasteiger partial charge is 0.305 e. The summed E-state index contributed by atoms with van der Waals surface area (Å²) in [5.41, 5.74) is 6.20. The second-order valence-corrected chi connectivity index (χ2v) is 3.76. The van der Waals surface area contributed by atoms with E-state index in [-0.39, 0.29) is 18.9 Å². The van der Waals surface area contributed by atoms with Gasteiger partial charge in [-0.2, -0.15) is 0 Å². The van der Waals surface area contributed by atoms with E-state index in [4.69, 9.17) is 10.8 Å². The van der Waals surface area contributed by atoms with Crippen molar-refractivity contribution < 1.29 is 14.7 Å². The van der Waals surface area contributed by atoms with Crippen molar-refractivity contribution in [1.82, 2.24) is 0 Å². The second-order valence-electron chi connectivity index (χ2n) is 3.76. The van der Waals surface area contributed by atoms with E-state index in [2.05, 4.69) is 0 Å². The number of carboxylic acid groups (broad SMARTS) is 1. The van der Waals surface area contributed by atoms with Gasteiger partial charge in [0.1, 0.15) is 0 Å². The van der Waals surface area contributed by atoms with E-state index >= 15 is 0 Å². The van der Waals surface area contributed by atoms with Crippen molar-refractivity contribution in [3.8, 4) is 0 Å². The number of aliphatic carboxylic acids is 1. The summed E-state index contributed by atoms with van der Waals surface area (Å²) in [6.45, 7) is 1.71. The molecule has 92 valence electrons. The maximum absolute atomic E-state index is 11.9. The van der Waals surface area contributed by atoms with E-state index in [9.17, 15) is 9.59 Å². The minimum Gasteiger partial charge on any atom is -0.481 e. The van der Waals surface area contributed by atoms with E-state index in [1.54, 1.807) is 31.2 Å². The fourth-order valence-corrected chi connectivity index (χ4v) is 1.43. The van der Waals surface area contributed by atoms with Crippen molar-refractivity contribution >= 4 is 17.6 Å². The molecule has 0 spiro atoms. The van der Waals surface area contributed by atoms with Gasteiger partial charge < -0.3 is 15.7 Å². The van der Waals surface area contributed by atoms with Crippen LogP contribution in [0.3, 0.4) is 0 Å². The molecule has 1 aromatic carbocycles. The van der Waals surface area contributed by atoms with Crippen LogP contribution in [0.25, 0.3) is 0 Å². The molecule has 17 heavy (non-hydrogen) atoms. The highest BCUT2D eigenvalue weighted by Gasteiger charge is 2.19. The van der Waals surface area contributed by atoms with Gasteiger partial charge in [0.15, 0.2) is 0 Å². The highest BCUT2D eigenvalue weighted by Crippen LogP contribution is 2.14. The molecule has 1 rings (SSSR count). The fraction of sp³-hybridized carbons (Fsp3) is 0.333. The number of amides is 1. The van der Waals surface area contributed by atoms with E-state index in [0.29, 0.717) is 5.69 Å². The number of nitrogens with two attached hydrogens (primary N) is 1. The molecular weight excluding hydrogens is 220 g/mol. The maximum atomic E-state index is 11.9. The number of hydrogen-bond acceptors (Lipinski definition) is 3. The van der Waals surface area contributed by atoms with Gasteiger partial charge in [0.25, 0.3) is 0 Å². The molecule has 0 saturated heterocycles. The van der Waals surface area contributed by atoms with Gasteiger partial charge in [0.2, 0.25) is 5.91 Å². The molecule has 1 amide bonds. The molecule has 0 heterocycles. The van der Waals surface area contributed by atoms with E-state index in [0.717, 1.165) is 0 Å². The van der Waals surface area contributed by atoms with E-state index in [1.165, 1.54) is 4.90 Å². The molecule has 5 heteroatoms. The van der Waals surface area contributed by atoms with Crippen LogP contribution in [0.1, 0.15) is 13.3 Å². The topological polar surface area (TPSA) is 83.6 Å². The molecular formula is C12H16N2O3. The Morgan fingerprint density at radius 3 is 2.41 bits per heavy atom. The number of nitrogens with zero attached hydrogens (tertiary/aromatic N) is 1. The number of anilines is 1. The molecule has 1 unspecified atom stereocenters. The van der Waals surface area contributed by atoms with Crippen LogP contribution in [0.5, 0.6) is 0 Å². The summed E-state index contributed by atoms with van der Waals surface area (Å²) in [7, 11) is 0. The summed E-state index contributed by atoms with van der Waals surface area (Å²) in [5.74, 6) is -1.22. The number of carboxylic acids is 1. The van der Waals surface area contributed by atoms with Crippen LogP contribution in [-0.2, 0) is 9.59 Å². The molecule has 0 bridgehead atoms. The summed E-state index contributed by atoms with van der Waals surface area (Å²) in [6, 6.07) is 8.26. The molecule has 0 saturated carbocycles. The average molecular weight is 236 g/mol. The molecule has 0 aromatic heterocycles. The van der Waals surface area contributed by atoms with Crippen molar-refractivity contribution in [2.24, 2.45) is 5.73 Å². The zero-order valence-electron chi connectivity index (χ0n) is 9.67. The zero-order chi connectivity index (χ0) is 12.8. The average Bonchev–Trinajstić information content (AvgIpc) is 2.30. The Labute approximate surface area is 99.8 Å². The Kier molecular flexibility index (Phi) is 4.66. The van der Waals surface area contributed by atoms with Crippen LogP contribution in [-0.4, -0.2) is 29.6 Å². The van der Waals surface area contributed by atoms with Gasteiger partial charge >= 0.3 is 5.97 Å². The van der Waals surface area contributed by atoms with Crippen LogP contribution in [0.4, 0.5) is 5.69 Å². The van der Waals surface area contributed by atoms with Gasteiger partial charge in [-0.25, -0.2) is 0 Å². The lowest BCUT2D eigenvalue weighted by atomic mass is 10.2.